The second-order valence-corrected chi connectivity index (χ2v) is 3.48. The fourth-order valence-corrected chi connectivity index (χ4v) is 1.66. The summed E-state index contributed by atoms with van der Waals surface area (Å²) < 4.78 is 2.53. The fraction of sp³-hybridized carbons (Fsp3) is 0.429. The van der Waals surface area contributed by atoms with Crippen LogP contribution in [0, 0.1) is 0 Å². The summed E-state index contributed by atoms with van der Waals surface area (Å²) in [6.45, 7) is 0. The van der Waals surface area contributed by atoms with Crippen molar-refractivity contribution in [3.63, 3.8) is 0 Å². The summed E-state index contributed by atoms with van der Waals surface area (Å²) in [4.78, 5) is 15.0. The standard InChI is InChI=1S/C7H7BrN2O/c8-6-3-9-4-7(11)10(6)5-1-2-5/h3-5H,1-2H2. The Labute approximate surface area is 72.2 Å². The molecular formula is C7H7BrN2O. The highest BCUT2D eigenvalue weighted by Crippen LogP contribution is 2.35. The molecule has 0 unspecified atom stereocenters. The van der Waals surface area contributed by atoms with Gasteiger partial charge in [-0.1, -0.05) is 0 Å². The highest BCUT2D eigenvalue weighted by atomic mass is 79.9. The Morgan fingerprint density at radius 1 is 1.55 bits per heavy atom. The van der Waals surface area contributed by atoms with Gasteiger partial charge < -0.3 is 0 Å². The number of halogens is 1. The lowest BCUT2D eigenvalue weighted by Crippen LogP contribution is -2.19. The van der Waals surface area contributed by atoms with Crippen LogP contribution in [0.15, 0.2) is 21.8 Å². The van der Waals surface area contributed by atoms with E-state index in [-0.39, 0.29) is 5.56 Å². The topological polar surface area (TPSA) is 34.9 Å². The molecule has 1 heterocycles. The average molecular weight is 215 g/mol. The molecule has 1 aliphatic rings. The Bertz CT molecular complexity index is 329. The molecule has 0 aliphatic heterocycles. The quantitative estimate of drug-likeness (QED) is 0.708. The lowest BCUT2D eigenvalue weighted by molar-refractivity contribution is 0.680. The van der Waals surface area contributed by atoms with Crippen LogP contribution in [-0.2, 0) is 0 Å². The van der Waals surface area contributed by atoms with Gasteiger partial charge in [-0.25, -0.2) is 0 Å². The van der Waals surface area contributed by atoms with E-state index in [0.717, 1.165) is 17.4 Å². The summed E-state index contributed by atoms with van der Waals surface area (Å²) in [5.41, 5.74) is -0.0122. The molecule has 11 heavy (non-hydrogen) atoms. The van der Waals surface area contributed by atoms with Crippen molar-refractivity contribution >= 4 is 15.9 Å². The van der Waals surface area contributed by atoms with Crippen molar-refractivity contribution in [1.82, 2.24) is 9.55 Å². The predicted octanol–water partition coefficient (Wildman–Crippen LogP) is 1.34. The van der Waals surface area contributed by atoms with Gasteiger partial charge in [-0.15, -0.1) is 0 Å². The number of rotatable bonds is 1. The lowest BCUT2D eigenvalue weighted by Gasteiger charge is -2.03. The van der Waals surface area contributed by atoms with Crippen molar-refractivity contribution in [2.24, 2.45) is 0 Å². The van der Waals surface area contributed by atoms with Gasteiger partial charge in [-0.3, -0.25) is 14.3 Å². The van der Waals surface area contributed by atoms with Crippen LogP contribution < -0.4 is 5.56 Å². The van der Waals surface area contributed by atoms with E-state index in [1.807, 2.05) is 0 Å². The first-order chi connectivity index (χ1) is 5.29. The van der Waals surface area contributed by atoms with Crippen LogP contribution >= 0.6 is 15.9 Å². The van der Waals surface area contributed by atoms with Crippen LogP contribution in [0.1, 0.15) is 18.9 Å². The number of aromatic nitrogens is 2. The monoisotopic (exact) mass is 214 g/mol. The van der Waals surface area contributed by atoms with Gasteiger partial charge in [0.25, 0.3) is 5.56 Å². The predicted molar refractivity (Wildman–Crippen MR) is 44.5 cm³/mol. The molecule has 0 amide bonds. The van der Waals surface area contributed by atoms with E-state index in [9.17, 15) is 4.79 Å². The van der Waals surface area contributed by atoms with Gasteiger partial charge >= 0.3 is 0 Å². The summed E-state index contributed by atoms with van der Waals surface area (Å²) in [5, 5.41) is 0. The average Bonchev–Trinajstić information content (AvgIpc) is 2.70. The van der Waals surface area contributed by atoms with Crippen molar-refractivity contribution in [3.05, 3.63) is 27.4 Å². The molecule has 58 valence electrons. The van der Waals surface area contributed by atoms with Crippen molar-refractivity contribution in [2.75, 3.05) is 0 Å². The molecule has 1 saturated carbocycles. The third kappa shape index (κ3) is 1.22. The lowest BCUT2D eigenvalue weighted by atomic mass is 10.6. The van der Waals surface area contributed by atoms with Gasteiger partial charge in [0, 0.05) is 6.04 Å². The van der Waals surface area contributed by atoms with Crippen LogP contribution in [0.4, 0.5) is 0 Å². The largest absolute Gasteiger partial charge is 0.297 e. The summed E-state index contributed by atoms with van der Waals surface area (Å²) in [7, 11) is 0. The smallest absolute Gasteiger partial charge is 0.270 e. The molecule has 2 rings (SSSR count). The van der Waals surface area contributed by atoms with Gasteiger partial charge in [-0.05, 0) is 28.8 Å². The zero-order chi connectivity index (χ0) is 7.84. The molecule has 0 spiro atoms. The first-order valence-electron chi connectivity index (χ1n) is 3.51. The highest BCUT2D eigenvalue weighted by molar-refractivity contribution is 9.10. The number of hydrogen-bond donors (Lipinski definition) is 0. The van der Waals surface area contributed by atoms with Crippen molar-refractivity contribution in [1.29, 1.82) is 0 Å². The maximum absolute atomic E-state index is 11.2. The number of hydrogen-bond acceptors (Lipinski definition) is 2. The molecule has 0 saturated heterocycles. The van der Waals surface area contributed by atoms with Crippen LogP contribution in [0.2, 0.25) is 0 Å². The molecule has 0 radical (unpaired) electrons. The van der Waals surface area contributed by atoms with Gasteiger partial charge in [-0.2, -0.15) is 0 Å². The molecule has 1 aromatic heterocycles. The van der Waals surface area contributed by atoms with Gasteiger partial charge in [0.05, 0.1) is 12.4 Å². The molecule has 1 aliphatic carbocycles. The second kappa shape index (κ2) is 2.44. The minimum absolute atomic E-state index is 0.0122. The summed E-state index contributed by atoms with van der Waals surface area (Å²) >= 11 is 3.29. The number of nitrogens with zero attached hydrogens (tertiary/aromatic N) is 2. The van der Waals surface area contributed by atoms with Gasteiger partial charge in [0.2, 0.25) is 0 Å². The van der Waals surface area contributed by atoms with Crippen LogP contribution in [0.3, 0.4) is 0 Å². The minimum Gasteiger partial charge on any atom is -0.297 e. The fourth-order valence-electron chi connectivity index (χ4n) is 1.08. The van der Waals surface area contributed by atoms with Crippen LogP contribution in [0.25, 0.3) is 0 Å². The Balaban J connectivity index is 2.57. The molecule has 0 aromatic carbocycles. The Kier molecular flexibility index (Phi) is 1.56. The van der Waals surface area contributed by atoms with E-state index in [1.165, 1.54) is 6.20 Å². The van der Waals surface area contributed by atoms with Crippen LogP contribution in [0.5, 0.6) is 0 Å². The zero-order valence-electron chi connectivity index (χ0n) is 5.83. The molecule has 1 fully saturated rings. The summed E-state index contributed by atoms with van der Waals surface area (Å²) in [5.74, 6) is 0. The Morgan fingerprint density at radius 3 is 2.82 bits per heavy atom. The molecule has 0 N–H and O–H groups in total. The zero-order valence-corrected chi connectivity index (χ0v) is 7.41. The molecule has 4 heteroatoms. The van der Waals surface area contributed by atoms with E-state index >= 15 is 0 Å². The second-order valence-electron chi connectivity index (χ2n) is 2.67. The van der Waals surface area contributed by atoms with Crippen molar-refractivity contribution in [3.8, 4) is 0 Å². The summed E-state index contributed by atoms with van der Waals surface area (Å²) in [6.07, 6.45) is 5.23. The maximum Gasteiger partial charge on any atom is 0.270 e. The van der Waals surface area contributed by atoms with Gasteiger partial charge in [0.15, 0.2) is 0 Å². The van der Waals surface area contributed by atoms with E-state index < -0.39 is 0 Å². The van der Waals surface area contributed by atoms with E-state index in [0.29, 0.717) is 6.04 Å². The SMILES string of the molecule is O=c1cncc(Br)n1C1CC1. The normalized spacial score (nSPS) is 16.8. The Hall–Kier alpha value is -0.640. The molecule has 0 atom stereocenters. The first kappa shape index (κ1) is 7.03. The van der Waals surface area contributed by atoms with Gasteiger partial charge in [0.1, 0.15) is 4.60 Å². The van der Waals surface area contributed by atoms with Crippen molar-refractivity contribution < 1.29 is 0 Å². The third-order valence-electron chi connectivity index (χ3n) is 1.75. The minimum atomic E-state index is -0.0122. The van der Waals surface area contributed by atoms with E-state index in [1.54, 1.807) is 10.8 Å². The summed E-state index contributed by atoms with van der Waals surface area (Å²) in [6, 6.07) is 0.417. The Morgan fingerprint density at radius 2 is 2.27 bits per heavy atom. The third-order valence-corrected chi connectivity index (χ3v) is 2.33. The van der Waals surface area contributed by atoms with Crippen LogP contribution in [-0.4, -0.2) is 9.55 Å². The molecule has 1 aromatic rings. The maximum atomic E-state index is 11.2. The van der Waals surface area contributed by atoms with E-state index in [4.69, 9.17) is 0 Å². The highest BCUT2D eigenvalue weighted by Gasteiger charge is 2.25. The first-order valence-corrected chi connectivity index (χ1v) is 4.30. The van der Waals surface area contributed by atoms with Crippen molar-refractivity contribution in [2.45, 2.75) is 18.9 Å². The molecule has 3 nitrogen and oxygen atoms in total. The molecular weight excluding hydrogens is 208 g/mol. The molecule has 0 bridgehead atoms. The van der Waals surface area contributed by atoms with E-state index in [2.05, 4.69) is 20.9 Å².